The van der Waals surface area contributed by atoms with Crippen LogP contribution in [0.3, 0.4) is 0 Å². The van der Waals surface area contributed by atoms with E-state index in [9.17, 15) is 18.3 Å². The zero-order valence-corrected chi connectivity index (χ0v) is 25.7. The number of allylic oxidation sites excluding steroid dienone is 1. The Bertz CT molecular complexity index is 1260. The summed E-state index contributed by atoms with van der Waals surface area (Å²) in [6.45, 7) is 2.44. The van der Waals surface area contributed by atoms with Crippen molar-refractivity contribution >= 4 is 38.5 Å². The molecule has 0 aliphatic carbocycles. The molecule has 0 bridgehead atoms. The fourth-order valence-corrected chi connectivity index (χ4v) is 6.44. The van der Waals surface area contributed by atoms with Gasteiger partial charge in [-0.1, -0.05) is 12.1 Å². The van der Waals surface area contributed by atoms with Gasteiger partial charge in [0.2, 0.25) is 16.3 Å². The van der Waals surface area contributed by atoms with Crippen molar-refractivity contribution in [2.24, 2.45) is 0 Å². The van der Waals surface area contributed by atoms with E-state index in [0.717, 1.165) is 22.2 Å². The summed E-state index contributed by atoms with van der Waals surface area (Å²) in [4.78, 5) is 17.4. The maximum Gasteiger partial charge on any atom is 0.288 e. The zero-order valence-electron chi connectivity index (χ0n) is 22.7. The number of carbonyl (C=O) groups excluding carboxylic acids is 1. The topological polar surface area (TPSA) is 109 Å². The molecule has 2 aromatic rings. The average Bonchev–Trinajstić information content (AvgIpc) is 2.97. The predicted octanol–water partition coefficient (Wildman–Crippen LogP) is 2.49. The number of sulfonamides is 1. The zero-order chi connectivity index (χ0) is 28.7. The van der Waals surface area contributed by atoms with E-state index >= 15 is 0 Å². The van der Waals surface area contributed by atoms with Gasteiger partial charge in [0.1, 0.15) is 5.75 Å². The molecule has 2 heterocycles. The van der Waals surface area contributed by atoms with E-state index in [1.165, 1.54) is 23.5 Å². The lowest BCUT2D eigenvalue weighted by molar-refractivity contribution is -0.153. The SMILES string of the molecule is COc1ccc(S(=O)(=O)N(CCO)CCO[C@H]2C[C@@H](c3ccc(I)cc3)C=C(C(=O)N3CCN(C)CC3)O2)cc1. The lowest BCUT2D eigenvalue weighted by Gasteiger charge is -2.35. The Kier molecular flexibility index (Phi) is 10.8. The average molecular weight is 686 g/mol. The van der Waals surface area contributed by atoms with Crippen LogP contribution in [-0.4, -0.2) is 106 Å². The highest BCUT2D eigenvalue weighted by Gasteiger charge is 2.32. The number of aliphatic hydroxyl groups is 1. The molecule has 2 aliphatic heterocycles. The summed E-state index contributed by atoms with van der Waals surface area (Å²) >= 11 is 2.25. The molecule has 1 N–H and O–H groups in total. The molecule has 1 fully saturated rings. The number of halogens is 1. The van der Waals surface area contributed by atoms with Crippen LogP contribution in [0.4, 0.5) is 0 Å². The molecule has 1 amide bonds. The number of likely N-dealkylation sites (N-methyl/N-ethyl adjacent to an activating group) is 1. The summed E-state index contributed by atoms with van der Waals surface area (Å²) in [5, 5.41) is 9.55. The minimum atomic E-state index is -3.87. The van der Waals surface area contributed by atoms with Crippen molar-refractivity contribution in [1.82, 2.24) is 14.1 Å². The minimum absolute atomic E-state index is 0.00837. The van der Waals surface area contributed by atoms with Gasteiger partial charge < -0.3 is 29.1 Å². The van der Waals surface area contributed by atoms with Crippen molar-refractivity contribution in [3.63, 3.8) is 0 Å². The van der Waals surface area contributed by atoms with E-state index in [1.807, 2.05) is 37.4 Å². The fraction of sp³-hybridized carbons (Fsp3) is 0.464. The van der Waals surface area contributed by atoms with Gasteiger partial charge >= 0.3 is 0 Å². The van der Waals surface area contributed by atoms with Gasteiger partial charge in [-0.25, -0.2) is 8.42 Å². The molecule has 0 unspecified atom stereocenters. The molecule has 2 atom stereocenters. The molecule has 0 radical (unpaired) electrons. The maximum absolute atomic E-state index is 13.4. The van der Waals surface area contributed by atoms with Crippen LogP contribution < -0.4 is 4.74 Å². The van der Waals surface area contributed by atoms with Gasteiger partial charge in [0.05, 0.1) is 25.2 Å². The number of nitrogens with zero attached hydrogens (tertiary/aromatic N) is 3. The van der Waals surface area contributed by atoms with E-state index in [4.69, 9.17) is 14.2 Å². The van der Waals surface area contributed by atoms with Gasteiger partial charge in [0.25, 0.3) is 5.91 Å². The summed E-state index contributed by atoms with van der Waals surface area (Å²) in [5.41, 5.74) is 1.05. The molecule has 2 aromatic carbocycles. The number of benzene rings is 2. The first-order valence-electron chi connectivity index (χ1n) is 13.2. The van der Waals surface area contributed by atoms with Crippen molar-refractivity contribution in [3.8, 4) is 5.75 Å². The van der Waals surface area contributed by atoms with Gasteiger partial charge in [-0.3, -0.25) is 4.79 Å². The van der Waals surface area contributed by atoms with E-state index < -0.39 is 16.3 Å². The van der Waals surface area contributed by atoms with Crippen LogP contribution in [0.15, 0.2) is 65.3 Å². The third kappa shape index (κ3) is 7.74. The predicted molar refractivity (Wildman–Crippen MR) is 158 cm³/mol. The lowest BCUT2D eigenvalue weighted by Crippen LogP contribution is -2.48. The second-order valence-electron chi connectivity index (χ2n) is 9.74. The number of aliphatic hydroxyl groups excluding tert-OH is 1. The normalized spacial score (nSPS) is 20.2. The van der Waals surface area contributed by atoms with Crippen LogP contribution in [0.25, 0.3) is 0 Å². The van der Waals surface area contributed by atoms with Crippen LogP contribution in [0, 0.1) is 3.57 Å². The van der Waals surface area contributed by atoms with Crippen LogP contribution in [-0.2, 0) is 24.3 Å². The van der Waals surface area contributed by atoms with Gasteiger partial charge in [-0.15, -0.1) is 0 Å². The molecular weight excluding hydrogens is 649 g/mol. The molecule has 0 aromatic heterocycles. The Morgan fingerprint density at radius 2 is 1.75 bits per heavy atom. The molecule has 0 saturated carbocycles. The Balaban J connectivity index is 1.46. The minimum Gasteiger partial charge on any atom is -0.497 e. The van der Waals surface area contributed by atoms with Crippen LogP contribution in [0.5, 0.6) is 5.75 Å². The highest BCUT2D eigenvalue weighted by atomic mass is 127. The number of hydrogen-bond acceptors (Lipinski definition) is 8. The second kappa shape index (κ2) is 14.1. The summed E-state index contributed by atoms with van der Waals surface area (Å²) < 4.78 is 46.0. The number of ether oxygens (including phenoxy) is 3. The Hall–Kier alpha value is -2.23. The first-order chi connectivity index (χ1) is 19.2. The van der Waals surface area contributed by atoms with Crippen molar-refractivity contribution < 1.29 is 32.5 Å². The Morgan fingerprint density at radius 1 is 1.07 bits per heavy atom. The summed E-state index contributed by atoms with van der Waals surface area (Å²) in [6.07, 6.45) is 1.61. The third-order valence-corrected chi connectivity index (χ3v) is 9.68. The Labute approximate surface area is 249 Å². The molecule has 218 valence electrons. The molecule has 0 spiro atoms. The highest BCUT2D eigenvalue weighted by Crippen LogP contribution is 2.32. The number of methoxy groups -OCH3 is 1. The van der Waals surface area contributed by atoms with Crippen molar-refractivity contribution in [2.45, 2.75) is 23.5 Å². The van der Waals surface area contributed by atoms with Crippen LogP contribution in [0.2, 0.25) is 0 Å². The van der Waals surface area contributed by atoms with Crippen molar-refractivity contribution in [1.29, 1.82) is 0 Å². The monoisotopic (exact) mass is 685 g/mol. The first-order valence-corrected chi connectivity index (χ1v) is 15.7. The number of hydrogen-bond donors (Lipinski definition) is 1. The Morgan fingerprint density at radius 3 is 2.38 bits per heavy atom. The highest BCUT2D eigenvalue weighted by molar-refractivity contribution is 14.1. The van der Waals surface area contributed by atoms with Gasteiger partial charge in [-0.05, 0) is 77.7 Å². The molecule has 4 rings (SSSR count). The van der Waals surface area contributed by atoms with E-state index in [0.29, 0.717) is 25.3 Å². The van der Waals surface area contributed by atoms with Crippen LogP contribution in [0.1, 0.15) is 17.9 Å². The smallest absolute Gasteiger partial charge is 0.288 e. The maximum atomic E-state index is 13.4. The summed E-state index contributed by atoms with van der Waals surface area (Å²) in [6, 6.07) is 14.2. The fourth-order valence-electron chi connectivity index (χ4n) is 4.66. The van der Waals surface area contributed by atoms with Gasteiger partial charge in [0.15, 0.2) is 5.76 Å². The van der Waals surface area contributed by atoms with Crippen LogP contribution >= 0.6 is 22.6 Å². The number of piperazine rings is 1. The van der Waals surface area contributed by atoms with Crippen molar-refractivity contribution in [2.75, 3.05) is 66.6 Å². The van der Waals surface area contributed by atoms with Gasteiger partial charge in [0, 0.05) is 55.2 Å². The molecule has 1 saturated heterocycles. The van der Waals surface area contributed by atoms with Crippen molar-refractivity contribution in [3.05, 3.63) is 69.5 Å². The lowest BCUT2D eigenvalue weighted by atomic mass is 9.93. The summed E-state index contributed by atoms with van der Waals surface area (Å²) in [5.74, 6) is 0.533. The molecule has 10 nitrogen and oxygen atoms in total. The second-order valence-corrected chi connectivity index (χ2v) is 12.9. The third-order valence-electron chi connectivity index (χ3n) is 7.05. The van der Waals surface area contributed by atoms with E-state index in [2.05, 4.69) is 27.5 Å². The molecular formula is C28H36IN3O7S. The molecule has 40 heavy (non-hydrogen) atoms. The quantitative estimate of drug-likeness (QED) is 0.360. The number of amides is 1. The largest absolute Gasteiger partial charge is 0.497 e. The van der Waals surface area contributed by atoms with E-state index in [1.54, 1.807) is 17.0 Å². The number of rotatable bonds is 11. The van der Waals surface area contributed by atoms with E-state index in [-0.39, 0.29) is 48.8 Å². The standard InChI is InChI=1S/C28H36IN3O7S/c1-30-11-13-31(14-12-30)28(34)26-19-22(21-3-5-23(29)6-4-21)20-27(39-26)38-18-16-32(15-17-33)40(35,36)25-9-7-24(37-2)8-10-25/h3-10,19,22,27,33H,11-18,20H2,1-2H3/t22-,27+/m0/s1. The molecule has 2 aliphatic rings. The first kappa shape index (κ1) is 30.7. The van der Waals surface area contributed by atoms with Gasteiger partial charge in [-0.2, -0.15) is 4.31 Å². The molecule has 12 heteroatoms. The number of carbonyl (C=O) groups is 1. The summed E-state index contributed by atoms with van der Waals surface area (Å²) in [7, 11) is -0.332.